The number of hydrogen-bond donors (Lipinski definition) is 0. The molecule has 0 fully saturated rings. The average Bonchev–Trinajstić information content (AvgIpc) is 2.63. The van der Waals surface area contributed by atoms with Crippen LogP contribution in [0.15, 0.2) is 34.4 Å². The highest BCUT2D eigenvalue weighted by Crippen LogP contribution is 2.25. The molecule has 1 heterocycles. The van der Waals surface area contributed by atoms with Crippen molar-refractivity contribution < 1.29 is 4.79 Å². The van der Waals surface area contributed by atoms with Crippen LogP contribution in [0, 0.1) is 5.92 Å². The SMILES string of the molecule is CC1=NN(c2ccc(Cl)cc2)C(=O)[C@H]1C=NC(C)(C)C. The molecule has 0 saturated carbocycles. The summed E-state index contributed by atoms with van der Waals surface area (Å²) >= 11 is 5.85. The number of aliphatic imine (C=N–C) groups is 1. The van der Waals surface area contributed by atoms with Crippen LogP contribution in [0.3, 0.4) is 0 Å². The van der Waals surface area contributed by atoms with Crippen molar-refractivity contribution in [2.75, 3.05) is 5.01 Å². The van der Waals surface area contributed by atoms with Crippen LogP contribution < -0.4 is 5.01 Å². The van der Waals surface area contributed by atoms with E-state index in [4.69, 9.17) is 11.6 Å². The Hall–Kier alpha value is -1.68. The summed E-state index contributed by atoms with van der Waals surface area (Å²) in [5.41, 5.74) is 1.26. The lowest BCUT2D eigenvalue weighted by Gasteiger charge is -2.14. The van der Waals surface area contributed by atoms with E-state index >= 15 is 0 Å². The smallest absolute Gasteiger partial charge is 0.261 e. The average molecular weight is 292 g/mol. The fourth-order valence-corrected chi connectivity index (χ4v) is 1.94. The molecule has 0 radical (unpaired) electrons. The van der Waals surface area contributed by atoms with Gasteiger partial charge in [-0.2, -0.15) is 10.1 Å². The van der Waals surface area contributed by atoms with Crippen LogP contribution >= 0.6 is 11.6 Å². The second-order valence-corrected chi connectivity index (χ2v) is 6.23. The first-order valence-corrected chi connectivity index (χ1v) is 6.86. The van der Waals surface area contributed by atoms with Gasteiger partial charge in [-0.3, -0.25) is 9.79 Å². The zero-order chi connectivity index (χ0) is 14.9. The quantitative estimate of drug-likeness (QED) is 0.769. The van der Waals surface area contributed by atoms with Crippen LogP contribution in [0.5, 0.6) is 0 Å². The lowest BCUT2D eigenvalue weighted by atomic mass is 10.1. The van der Waals surface area contributed by atoms with Gasteiger partial charge in [-0.15, -0.1) is 0 Å². The van der Waals surface area contributed by atoms with Gasteiger partial charge in [-0.1, -0.05) is 11.6 Å². The molecule has 0 aromatic heterocycles. The largest absolute Gasteiger partial charge is 0.291 e. The van der Waals surface area contributed by atoms with E-state index in [1.54, 1.807) is 30.5 Å². The van der Waals surface area contributed by atoms with Gasteiger partial charge in [0.15, 0.2) is 0 Å². The van der Waals surface area contributed by atoms with Crippen LogP contribution in [-0.2, 0) is 4.79 Å². The van der Waals surface area contributed by atoms with Gasteiger partial charge in [0, 0.05) is 11.2 Å². The first-order valence-electron chi connectivity index (χ1n) is 6.48. The molecule has 106 valence electrons. The molecule has 0 bridgehead atoms. The molecule has 1 amide bonds. The number of benzene rings is 1. The Labute approximate surface area is 124 Å². The Balaban J connectivity index is 2.23. The Morgan fingerprint density at radius 3 is 2.45 bits per heavy atom. The minimum atomic E-state index is -0.384. The second kappa shape index (κ2) is 5.37. The normalized spacial score (nSPS) is 19.9. The molecule has 0 spiro atoms. The van der Waals surface area contributed by atoms with Crippen molar-refractivity contribution in [2.24, 2.45) is 16.0 Å². The summed E-state index contributed by atoms with van der Waals surface area (Å²) in [7, 11) is 0. The third-order valence-corrected chi connectivity index (χ3v) is 3.12. The van der Waals surface area contributed by atoms with E-state index in [1.165, 1.54) is 5.01 Å². The maximum absolute atomic E-state index is 12.4. The first-order chi connectivity index (χ1) is 9.28. The number of carbonyl (C=O) groups excluding carboxylic acids is 1. The summed E-state index contributed by atoms with van der Waals surface area (Å²) in [5.74, 6) is -0.470. The van der Waals surface area contributed by atoms with E-state index in [2.05, 4.69) is 10.1 Å². The fourth-order valence-electron chi connectivity index (χ4n) is 1.82. The number of carbonyl (C=O) groups is 1. The van der Waals surface area contributed by atoms with Crippen LogP contribution in [0.25, 0.3) is 0 Å². The predicted molar refractivity (Wildman–Crippen MR) is 83.8 cm³/mol. The van der Waals surface area contributed by atoms with E-state index < -0.39 is 0 Å². The minimum Gasteiger partial charge on any atom is -0.291 e. The maximum Gasteiger partial charge on any atom is 0.261 e. The minimum absolute atomic E-state index is 0.0853. The number of anilines is 1. The topological polar surface area (TPSA) is 45.0 Å². The molecular weight excluding hydrogens is 274 g/mol. The molecule has 0 unspecified atom stereocenters. The Morgan fingerprint density at radius 2 is 1.90 bits per heavy atom. The summed E-state index contributed by atoms with van der Waals surface area (Å²) in [6, 6.07) is 7.04. The van der Waals surface area contributed by atoms with E-state index in [0.29, 0.717) is 10.7 Å². The van der Waals surface area contributed by atoms with Crippen molar-refractivity contribution in [2.45, 2.75) is 33.2 Å². The number of amides is 1. The number of hydrazone groups is 1. The van der Waals surface area contributed by atoms with Crippen LogP contribution in [0.1, 0.15) is 27.7 Å². The molecule has 2 rings (SSSR count). The zero-order valence-electron chi connectivity index (χ0n) is 12.1. The lowest BCUT2D eigenvalue weighted by Crippen LogP contribution is -2.28. The Kier molecular flexibility index (Phi) is 3.95. The number of hydrogen-bond acceptors (Lipinski definition) is 3. The highest BCUT2D eigenvalue weighted by atomic mass is 35.5. The Morgan fingerprint density at radius 1 is 1.30 bits per heavy atom. The van der Waals surface area contributed by atoms with E-state index in [-0.39, 0.29) is 17.4 Å². The van der Waals surface area contributed by atoms with Gasteiger partial charge in [0.1, 0.15) is 5.92 Å². The second-order valence-electron chi connectivity index (χ2n) is 5.79. The molecule has 1 aromatic carbocycles. The number of halogens is 1. The van der Waals surface area contributed by atoms with Crippen LogP contribution in [0.4, 0.5) is 5.69 Å². The molecule has 0 aliphatic carbocycles. The van der Waals surface area contributed by atoms with Crippen molar-refractivity contribution in [3.63, 3.8) is 0 Å². The highest BCUT2D eigenvalue weighted by Gasteiger charge is 2.33. The molecule has 4 nitrogen and oxygen atoms in total. The summed E-state index contributed by atoms with van der Waals surface area (Å²) in [6.45, 7) is 7.82. The molecule has 5 heteroatoms. The van der Waals surface area contributed by atoms with Gasteiger partial charge >= 0.3 is 0 Å². The molecule has 0 N–H and O–H groups in total. The lowest BCUT2D eigenvalue weighted by molar-refractivity contribution is -0.118. The van der Waals surface area contributed by atoms with Crippen molar-refractivity contribution in [1.29, 1.82) is 0 Å². The van der Waals surface area contributed by atoms with Crippen molar-refractivity contribution in [3.8, 4) is 0 Å². The summed E-state index contributed by atoms with van der Waals surface area (Å²) in [5, 5.41) is 6.36. The van der Waals surface area contributed by atoms with E-state index in [0.717, 1.165) is 5.71 Å². The molecule has 1 aliphatic heterocycles. The van der Waals surface area contributed by atoms with Gasteiger partial charge in [0.25, 0.3) is 5.91 Å². The van der Waals surface area contributed by atoms with E-state index in [1.807, 2.05) is 27.7 Å². The molecular formula is C15H18ClN3O. The monoisotopic (exact) mass is 291 g/mol. The molecule has 0 saturated heterocycles. The van der Waals surface area contributed by atoms with E-state index in [9.17, 15) is 4.79 Å². The third kappa shape index (κ3) is 3.25. The van der Waals surface area contributed by atoms with Gasteiger partial charge in [0.2, 0.25) is 0 Å². The third-order valence-electron chi connectivity index (χ3n) is 2.86. The molecule has 1 atom stereocenters. The summed E-state index contributed by atoms with van der Waals surface area (Å²) in [4.78, 5) is 16.8. The van der Waals surface area contributed by atoms with Gasteiger partial charge in [-0.05, 0) is 52.0 Å². The summed E-state index contributed by atoms with van der Waals surface area (Å²) < 4.78 is 0. The first kappa shape index (κ1) is 14.7. The van der Waals surface area contributed by atoms with Gasteiger partial charge in [0.05, 0.1) is 16.9 Å². The van der Waals surface area contributed by atoms with Crippen molar-refractivity contribution >= 4 is 35.1 Å². The van der Waals surface area contributed by atoms with Crippen molar-refractivity contribution in [3.05, 3.63) is 29.3 Å². The van der Waals surface area contributed by atoms with Crippen LogP contribution in [-0.4, -0.2) is 23.4 Å². The van der Waals surface area contributed by atoms with Crippen molar-refractivity contribution in [1.82, 2.24) is 0 Å². The molecule has 1 aliphatic rings. The van der Waals surface area contributed by atoms with Gasteiger partial charge < -0.3 is 0 Å². The Bertz CT molecular complexity index is 570. The predicted octanol–water partition coefficient (Wildman–Crippen LogP) is 3.55. The number of rotatable bonds is 2. The molecule has 1 aromatic rings. The zero-order valence-corrected chi connectivity index (χ0v) is 12.8. The standard InChI is InChI=1S/C15H18ClN3O/c1-10-13(9-17-15(2,3)4)14(20)19(18-10)12-7-5-11(16)6-8-12/h5-9,13H,1-4H3/t13-/m0/s1. The highest BCUT2D eigenvalue weighted by molar-refractivity contribution is 6.30. The number of nitrogens with zero attached hydrogens (tertiary/aromatic N) is 3. The van der Waals surface area contributed by atoms with Gasteiger partial charge in [-0.25, -0.2) is 0 Å². The fraction of sp³-hybridized carbons (Fsp3) is 0.400. The summed E-state index contributed by atoms with van der Waals surface area (Å²) in [6.07, 6.45) is 1.69. The van der Waals surface area contributed by atoms with Crippen LogP contribution in [0.2, 0.25) is 5.02 Å². The maximum atomic E-state index is 12.4. The molecule has 20 heavy (non-hydrogen) atoms.